The van der Waals surface area contributed by atoms with Crippen molar-refractivity contribution in [1.29, 1.82) is 0 Å². The van der Waals surface area contributed by atoms with Gasteiger partial charge in [0.05, 0.1) is 0 Å². The van der Waals surface area contributed by atoms with Crippen LogP contribution in [0.5, 0.6) is 0 Å². The van der Waals surface area contributed by atoms with Crippen molar-refractivity contribution in [2.24, 2.45) is 5.73 Å². The van der Waals surface area contributed by atoms with Crippen molar-refractivity contribution >= 4 is 18.3 Å². The van der Waals surface area contributed by atoms with Crippen LogP contribution in [0.3, 0.4) is 0 Å². The standard InChI is InChI=1S/C14H17N3O2.ClH/c15-8-4-5-9-16-13(18)12-10-19-14(17-12)11-6-2-1-3-7-11;/h1-3,6-7,10H,4-5,8-9,15H2,(H,16,18);1H. The quantitative estimate of drug-likeness (QED) is 0.801. The molecule has 1 aromatic carbocycles. The number of aromatic nitrogens is 1. The van der Waals surface area contributed by atoms with Gasteiger partial charge in [0, 0.05) is 12.1 Å². The predicted octanol–water partition coefficient (Wildman–Crippen LogP) is 2.23. The van der Waals surface area contributed by atoms with Crippen LogP contribution in [0.15, 0.2) is 41.0 Å². The highest BCUT2D eigenvalue weighted by atomic mass is 35.5. The van der Waals surface area contributed by atoms with Gasteiger partial charge in [0.2, 0.25) is 5.89 Å². The number of hydrogen-bond acceptors (Lipinski definition) is 4. The third-order valence-electron chi connectivity index (χ3n) is 2.67. The Kier molecular flexibility index (Phi) is 6.76. The Morgan fingerprint density at radius 3 is 2.70 bits per heavy atom. The van der Waals surface area contributed by atoms with Crippen molar-refractivity contribution < 1.29 is 9.21 Å². The summed E-state index contributed by atoms with van der Waals surface area (Å²) in [6.45, 7) is 1.24. The molecular formula is C14H18ClN3O2. The van der Waals surface area contributed by atoms with Crippen LogP contribution < -0.4 is 11.1 Å². The maximum Gasteiger partial charge on any atom is 0.273 e. The first kappa shape index (κ1) is 16.2. The lowest BCUT2D eigenvalue weighted by molar-refractivity contribution is 0.0948. The molecular weight excluding hydrogens is 278 g/mol. The summed E-state index contributed by atoms with van der Waals surface area (Å²) in [5, 5.41) is 2.78. The molecule has 1 heterocycles. The molecule has 0 atom stereocenters. The Morgan fingerprint density at radius 1 is 1.25 bits per heavy atom. The van der Waals surface area contributed by atoms with E-state index in [0.29, 0.717) is 24.7 Å². The maximum absolute atomic E-state index is 11.8. The third kappa shape index (κ3) is 4.36. The Bertz CT molecular complexity index is 528. The minimum absolute atomic E-state index is 0. The van der Waals surface area contributed by atoms with E-state index in [0.717, 1.165) is 18.4 Å². The number of nitrogens with zero attached hydrogens (tertiary/aromatic N) is 1. The van der Waals surface area contributed by atoms with E-state index < -0.39 is 0 Å². The van der Waals surface area contributed by atoms with Crippen LogP contribution in [0.4, 0.5) is 0 Å². The Labute approximate surface area is 124 Å². The van der Waals surface area contributed by atoms with Gasteiger partial charge in [-0.2, -0.15) is 0 Å². The zero-order valence-corrected chi connectivity index (χ0v) is 11.9. The molecule has 0 saturated heterocycles. The molecule has 0 aliphatic rings. The molecule has 2 aromatic rings. The zero-order chi connectivity index (χ0) is 13.5. The molecule has 0 unspecified atom stereocenters. The molecule has 6 heteroatoms. The summed E-state index contributed by atoms with van der Waals surface area (Å²) in [7, 11) is 0. The van der Waals surface area contributed by atoms with E-state index >= 15 is 0 Å². The van der Waals surface area contributed by atoms with Crippen LogP contribution in [-0.4, -0.2) is 24.0 Å². The van der Waals surface area contributed by atoms with Crippen molar-refractivity contribution in [1.82, 2.24) is 10.3 Å². The highest BCUT2D eigenvalue weighted by molar-refractivity contribution is 5.92. The lowest BCUT2D eigenvalue weighted by Crippen LogP contribution is -2.25. The number of unbranched alkanes of at least 4 members (excludes halogenated alkanes) is 1. The molecule has 1 amide bonds. The molecule has 2 rings (SSSR count). The van der Waals surface area contributed by atoms with Crippen LogP contribution in [0.1, 0.15) is 23.3 Å². The van der Waals surface area contributed by atoms with Gasteiger partial charge in [0.25, 0.3) is 5.91 Å². The second-order valence-electron chi connectivity index (χ2n) is 4.16. The second kappa shape index (κ2) is 8.35. The van der Waals surface area contributed by atoms with Gasteiger partial charge in [-0.15, -0.1) is 12.4 Å². The van der Waals surface area contributed by atoms with E-state index in [4.69, 9.17) is 10.2 Å². The molecule has 0 aliphatic heterocycles. The number of carbonyl (C=O) groups is 1. The number of amides is 1. The highest BCUT2D eigenvalue weighted by Gasteiger charge is 2.12. The van der Waals surface area contributed by atoms with Crippen LogP contribution in [0, 0.1) is 0 Å². The predicted molar refractivity (Wildman–Crippen MR) is 79.8 cm³/mol. The average molecular weight is 296 g/mol. The summed E-state index contributed by atoms with van der Waals surface area (Å²) >= 11 is 0. The Hall–Kier alpha value is -1.85. The molecule has 20 heavy (non-hydrogen) atoms. The van der Waals surface area contributed by atoms with Crippen LogP contribution in [0.25, 0.3) is 11.5 Å². The fourth-order valence-corrected chi connectivity index (χ4v) is 1.65. The van der Waals surface area contributed by atoms with E-state index in [9.17, 15) is 4.79 Å². The molecule has 0 spiro atoms. The molecule has 1 aromatic heterocycles. The van der Waals surface area contributed by atoms with Gasteiger partial charge < -0.3 is 15.5 Å². The number of carbonyl (C=O) groups excluding carboxylic acids is 1. The molecule has 0 fully saturated rings. The van der Waals surface area contributed by atoms with Gasteiger partial charge in [-0.25, -0.2) is 4.98 Å². The average Bonchev–Trinajstić information content (AvgIpc) is 2.94. The van der Waals surface area contributed by atoms with Gasteiger partial charge in [0.15, 0.2) is 5.69 Å². The monoisotopic (exact) mass is 295 g/mol. The van der Waals surface area contributed by atoms with Crippen molar-refractivity contribution in [3.63, 3.8) is 0 Å². The van der Waals surface area contributed by atoms with Crippen LogP contribution >= 0.6 is 12.4 Å². The van der Waals surface area contributed by atoms with Crippen LogP contribution in [0.2, 0.25) is 0 Å². The van der Waals surface area contributed by atoms with Gasteiger partial charge in [-0.3, -0.25) is 4.79 Å². The van der Waals surface area contributed by atoms with Crippen molar-refractivity contribution in [2.75, 3.05) is 13.1 Å². The van der Waals surface area contributed by atoms with E-state index in [1.807, 2.05) is 30.3 Å². The maximum atomic E-state index is 11.8. The summed E-state index contributed by atoms with van der Waals surface area (Å²) in [6, 6.07) is 9.47. The molecule has 0 bridgehead atoms. The molecule has 0 radical (unpaired) electrons. The molecule has 3 N–H and O–H groups in total. The van der Waals surface area contributed by atoms with E-state index in [2.05, 4.69) is 10.3 Å². The van der Waals surface area contributed by atoms with Crippen molar-refractivity contribution in [3.05, 3.63) is 42.3 Å². The highest BCUT2D eigenvalue weighted by Crippen LogP contribution is 2.17. The van der Waals surface area contributed by atoms with E-state index in [1.165, 1.54) is 6.26 Å². The summed E-state index contributed by atoms with van der Waals surface area (Å²) in [5.41, 5.74) is 6.53. The van der Waals surface area contributed by atoms with Gasteiger partial charge in [0.1, 0.15) is 6.26 Å². The largest absolute Gasteiger partial charge is 0.444 e. The first-order valence-corrected chi connectivity index (χ1v) is 6.30. The van der Waals surface area contributed by atoms with Gasteiger partial charge in [-0.1, -0.05) is 18.2 Å². The third-order valence-corrected chi connectivity index (χ3v) is 2.67. The SMILES string of the molecule is Cl.NCCCCNC(=O)c1coc(-c2ccccc2)n1. The minimum atomic E-state index is -0.219. The summed E-state index contributed by atoms with van der Waals surface area (Å²) in [5.74, 6) is 0.232. The number of halogens is 1. The fraction of sp³-hybridized carbons (Fsp3) is 0.286. The minimum Gasteiger partial charge on any atom is -0.444 e. The number of benzene rings is 1. The van der Waals surface area contributed by atoms with Crippen molar-refractivity contribution in [3.8, 4) is 11.5 Å². The number of hydrogen-bond donors (Lipinski definition) is 2. The topological polar surface area (TPSA) is 81.1 Å². The van der Waals surface area contributed by atoms with Gasteiger partial charge >= 0.3 is 0 Å². The van der Waals surface area contributed by atoms with Crippen LogP contribution in [-0.2, 0) is 0 Å². The smallest absolute Gasteiger partial charge is 0.273 e. The lowest BCUT2D eigenvalue weighted by Gasteiger charge is -2.00. The summed E-state index contributed by atoms with van der Waals surface area (Å²) in [6.07, 6.45) is 3.14. The normalized spacial score (nSPS) is 9.85. The fourth-order valence-electron chi connectivity index (χ4n) is 1.65. The molecule has 0 aliphatic carbocycles. The zero-order valence-electron chi connectivity index (χ0n) is 11.0. The molecule has 5 nitrogen and oxygen atoms in total. The molecule has 0 saturated carbocycles. The summed E-state index contributed by atoms with van der Waals surface area (Å²) in [4.78, 5) is 16.0. The number of rotatable bonds is 6. The number of oxazole rings is 1. The van der Waals surface area contributed by atoms with E-state index in [1.54, 1.807) is 0 Å². The van der Waals surface area contributed by atoms with Crippen molar-refractivity contribution in [2.45, 2.75) is 12.8 Å². The Morgan fingerprint density at radius 2 is 2.00 bits per heavy atom. The Balaban J connectivity index is 0.00000200. The summed E-state index contributed by atoms with van der Waals surface area (Å²) < 4.78 is 5.31. The van der Waals surface area contributed by atoms with E-state index in [-0.39, 0.29) is 18.3 Å². The second-order valence-corrected chi connectivity index (χ2v) is 4.16. The number of nitrogens with two attached hydrogens (primary N) is 1. The number of nitrogens with one attached hydrogen (secondary N) is 1. The molecule has 108 valence electrons. The first-order chi connectivity index (χ1) is 9.31. The van der Waals surface area contributed by atoms with Gasteiger partial charge in [-0.05, 0) is 31.5 Å². The first-order valence-electron chi connectivity index (χ1n) is 6.30. The lowest BCUT2D eigenvalue weighted by atomic mass is 10.2.